The Morgan fingerprint density at radius 2 is 1.84 bits per heavy atom. The van der Waals surface area contributed by atoms with Gasteiger partial charge in [-0.05, 0) is 34.4 Å². The maximum Gasteiger partial charge on any atom is 0.0560 e. The number of hydrogen-bond acceptors (Lipinski definition) is 3. The average molecular weight is 285 g/mol. The molecule has 0 spiro atoms. The van der Waals surface area contributed by atoms with Crippen molar-refractivity contribution in [3.05, 3.63) is 64.9 Å². The second-order valence-electron chi connectivity index (χ2n) is 4.37. The number of fused-ring (bicyclic) bond motifs is 1. The highest BCUT2D eigenvalue weighted by Crippen LogP contribution is 2.37. The molecule has 19 heavy (non-hydrogen) atoms. The van der Waals surface area contributed by atoms with Crippen molar-refractivity contribution in [3.63, 3.8) is 0 Å². The summed E-state index contributed by atoms with van der Waals surface area (Å²) in [4.78, 5) is 2.63. The Balaban J connectivity index is 1.88. The minimum atomic E-state index is 0.348. The standard InChI is InChI=1S/C16H15NS2/c17-11-16(15-6-3-9-18-15)19-14-8-7-12-4-1-2-5-13(12)10-14/h1-10,16H,11,17H2. The van der Waals surface area contributed by atoms with Gasteiger partial charge < -0.3 is 5.73 Å². The summed E-state index contributed by atoms with van der Waals surface area (Å²) in [5.41, 5.74) is 5.91. The summed E-state index contributed by atoms with van der Waals surface area (Å²) in [6.45, 7) is 0.665. The van der Waals surface area contributed by atoms with Gasteiger partial charge in [-0.3, -0.25) is 0 Å². The first-order valence-corrected chi connectivity index (χ1v) is 8.01. The summed E-state index contributed by atoms with van der Waals surface area (Å²) >= 11 is 3.62. The molecule has 0 radical (unpaired) electrons. The number of hydrogen-bond donors (Lipinski definition) is 1. The van der Waals surface area contributed by atoms with E-state index < -0.39 is 0 Å². The van der Waals surface area contributed by atoms with E-state index in [4.69, 9.17) is 5.73 Å². The van der Waals surface area contributed by atoms with Crippen LogP contribution in [0.3, 0.4) is 0 Å². The number of thioether (sulfide) groups is 1. The van der Waals surface area contributed by atoms with Crippen molar-refractivity contribution < 1.29 is 0 Å². The maximum absolute atomic E-state index is 5.91. The van der Waals surface area contributed by atoms with Gasteiger partial charge in [0, 0.05) is 16.3 Å². The number of rotatable bonds is 4. The van der Waals surface area contributed by atoms with Gasteiger partial charge >= 0.3 is 0 Å². The largest absolute Gasteiger partial charge is 0.329 e. The monoisotopic (exact) mass is 285 g/mol. The van der Waals surface area contributed by atoms with E-state index in [0.717, 1.165) is 0 Å². The molecule has 3 aromatic rings. The van der Waals surface area contributed by atoms with Crippen LogP contribution in [0.1, 0.15) is 10.1 Å². The van der Waals surface area contributed by atoms with Crippen molar-refractivity contribution in [1.82, 2.24) is 0 Å². The van der Waals surface area contributed by atoms with Gasteiger partial charge in [-0.1, -0.05) is 36.4 Å². The van der Waals surface area contributed by atoms with Crippen molar-refractivity contribution in [1.29, 1.82) is 0 Å². The van der Waals surface area contributed by atoms with Crippen LogP contribution >= 0.6 is 23.1 Å². The molecule has 1 heterocycles. The quantitative estimate of drug-likeness (QED) is 0.704. The highest BCUT2D eigenvalue weighted by molar-refractivity contribution is 7.99. The minimum absolute atomic E-state index is 0.348. The van der Waals surface area contributed by atoms with Gasteiger partial charge in [-0.25, -0.2) is 0 Å². The van der Waals surface area contributed by atoms with Crippen LogP contribution < -0.4 is 5.73 Å². The summed E-state index contributed by atoms with van der Waals surface area (Å²) in [6.07, 6.45) is 0. The fourth-order valence-electron chi connectivity index (χ4n) is 2.10. The van der Waals surface area contributed by atoms with Crippen LogP contribution in [-0.2, 0) is 0 Å². The van der Waals surface area contributed by atoms with Crippen molar-refractivity contribution in [3.8, 4) is 0 Å². The molecule has 0 saturated heterocycles. The van der Waals surface area contributed by atoms with Crippen molar-refractivity contribution in [2.45, 2.75) is 10.1 Å². The molecule has 1 unspecified atom stereocenters. The molecule has 0 bridgehead atoms. The fraction of sp³-hybridized carbons (Fsp3) is 0.125. The van der Waals surface area contributed by atoms with Gasteiger partial charge in [0.25, 0.3) is 0 Å². The third-order valence-corrected chi connectivity index (χ3v) is 5.47. The summed E-state index contributed by atoms with van der Waals surface area (Å²) in [5.74, 6) is 0. The van der Waals surface area contributed by atoms with Crippen LogP contribution in [0.25, 0.3) is 10.8 Å². The first-order valence-electron chi connectivity index (χ1n) is 6.26. The summed E-state index contributed by atoms with van der Waals surface area (Å²) in [7, 11) is 0. The van der Waals surface area contributed by atoms with E-state index >= 15 is 0 Å². The van der Waals surface area contributed by atoms with E-state index in [1.54, 1.807) is 11.3 Å². The molecule has 96 valence electrons. The molecule has 0 aliphatic carbocycles. The smallest absolute Gasteiger partial charge is 0.0560 e. The highest BCUT2D eigenvalue weighted by Gasteiger charge is 2.12. The Bertz CT molecular complexity index is 661. The molecule has 0 aliphatic rings. The van der Waals surface area contributed by atoms with E-state index in [9.17, 15) is 0 Å². The van der Waals surface area contributed by atoms with Crippen molar-refractivity contribution in [2.75, 3.05) is 6.54 Å². The van der Waals surface area contributed by atoms with Gasteiger partial charge in [-0.15, -0.1) is 23.1 Å². The van der Waals surface area contributed by atoms with Gasteiger partial charge in [0.05, 0.1) is 5.25 Å². The highest BCUT2D eigenvalue weighted by atomic mass is 32.2. The van der Waals surface area contributed by atoms with Crippen LogP contribution in [-0.4, -0.2) is 6.54 Å². The Morgan fingerprint density at radius 3 is 2.58 bits per heavy atom. The molecular weight excluding hydrogens is 270 g/mol. The van der Waals surface area contributed by atoms with Crippen LogP contribution in [0.15, 0.2) is 64.9 Å². The lowest BCUT2D eigenvalue weighted by atomic mass is 10.1. The third-order valence-electron chi connectivity index (χ3n) is 3.07. The topological polar surface area (TPSA) is 26.0 Å². The summed E-state index contributed by atoms with van der Waals surface area (Å²) < 4.78 is 0. The van der Waals surface area contributed by atoms with Gasteiger partial charge in [-0.2, -0.15) is 0 Å². The molecule has 1 aromatic heterocycles. The van der Waals surface area contributed by atoms with Crippen molar-refractivity contribution >= 4 is 33.9 Å². The van der Waals surface area contributed by atoms with E-state index in [1.165, 1.54) is 20.5 Å². The number of nitrogens with two attached hydrogens (primary N) is 1. The second-order valence-corrected chi connectivity index (χ2v) is 6.62. The molecule has 1 nitrogen and oxygen atoms in total. The second kappa shape index (κ2) is 5.78. The normalized spacial score (nSPS) is 12.7. The number of benzene rings is 2. The predicted molar refractivity (Wildman–Crippen MR) is 85.9 cm³/mol. The molecule has 2 aromatic carbocycles. The lowest BCUT2D eigenvalue weighted by molar-refractivity contribution is 0.960. The van der Waals surface area contributed by atoms with E-state index in [1.807, 2.05) is 11.8 Å². The summed E-state index contributed by atoms with van der Waals surface area (Å²) in [5, 5.41) is 5.03. The zero-order chi connectivity index (χ0) is 13.1. The SMILES string of the molecule is NCC(Sc1ccc2ccccc2c1)c1cccs1. The lowest BCUT2D eigenvalue weighted by Gasteiger charge is -2.13. The molecule has 1 atom stereocenters. The Hall–Kier alpha value is -1.29. The average Bonchev–Trinajstić information content (AvgIpc) is 2.98. The fourth-order valence-corrected chi connectivity index (χ4v) is 4.09. The van der Waals surface area contributed by atoms with E-state index in [-0.39, 0.29) is 0 Å². The Labute approximate surface area is 121 Å². The lowest BCUT2D eigenvalue weighted by Crippen LogP contribution is -2.07. The Kier molecular flexibility index (Phi) is 3.87. The van der Waals surface area contributed by atoms with Crippen LogP contribution in [0.5, 0.6) is 0 Å². The first-order chi connectivity index (χ1) is 9.36. The van der Waals surface area contributed by atoms with Gasteiger partial charge in [0.1, 0.15) is 0 Å². The molecule has 0 aliphatic heterocycles. The van der Waals surface area contributed by atoms with Crippen LogP contribution in [0, 0.1) is 0 Å². The minimum Gasteiger partial charge on any atom is -0.329 e. The molecule has 3 heteroatoms. The molecular formula is C16H15NS2. The molecule has 0 amide bonds. The van der Waals surface area contributed by atoms with Crippen molar-refractivity contribution in [2.24, 2.45) is 5.73 Å². The zero-order valence-electron chi connectivity index (χ0n) is 10.5. The molecule has 2 N–H and O–H groups in total. The zero-order valence-corrected chi connectivity index (χ0v) is 12.1. The summed E-state index contributed by atoms with van der Waals surface area (Å²) in [6, 6.07) is 19.3. The van der Waals surface area contributed by atoms with Gasteiger partial charge in [0.2, 0.25) is 0 Å². The first kappa shape index (κ1) is 12.7. The van der Waals surface area contributed by atoms with E-state index in [2.05, 4.69) is 60.0 Å². The number of thiophene rings is 1. The molecule has 0 fully saturated rings. The van der Waals surface area contributed by atoms with Crippen LogP contribution in [0.2, 0.25) is 0 Å². The Morgan fingerprint density at radius 1 is 1.00 bits per heavy atom. The maximum atomic E-state index is 5.91. The third kappa shape index (κ3) is 2.84. The van der Waals surface area contributed by atoms with E-state index in [0.29, 0.717) is 11.8 Å². The van der Waals surface area contributed by atoms with Crippen LogP contribution in [0.4, 0.5) is 0 Å². The molecule has 3 rings (SSSR count). The van der Waals surface area contributed by atoms with Gasteiger partial charge in [0.15, 0.2) is 0 Å². The molecule has 0 saturated carbocycles. The predicted octanol–water partition coefficient (Wildman–Crippen LogP) is 4.69.